The lowest BCUT2D eigenvalue weighted by Gasteiger charge is -2.23. The molecule has 1 aliphatic rings. The standard InChI is InChI=1S/C19H30N4O2/c1-16(24)23(15-19(25)20-11-6-12-21(2)3)18-9-7-17(8-10-18)22-13-4-5-14-22/h7-10H,4-6,11-15H2,1-3H3,(H,20,25). The average Bonchev–Trinajstić information content (AvgIpc) is 3.11. The largest absolute Gasteiger partial charge is 0.372 e. The first-order valence-corrected chi connectivity index (χ1v) is 9.02. The molecule has 0 aromatic heterocycles. The Hall–Kier alpha value is -2.08. The van der Waals surface area contributed by atoms with E-state index < -0.39 is 0 Å². The molecule has 0 radical (unpaired) electrons. The summed E-state index contributed by atoms with van der Waals surface area (Å²) in [5, 5.41) is 2.88. The first kappa shape index (κ1) is 19.2. The number of anilines is 2. The number of nitrogens with one attached hydrogen (secondary N) is 1. The molecule has 0 spiro atoms. The highest BCUT2D eigenvalue weighted by molar-refractivity contribution is 5.97. The zero-order valence-electron chi connectivity index (χ0n) is 15.6. The van der Waals surface area contributed by atoms with Gasteiger partial charge in [-0.25, -0.2) is 0 Å². The van der Waals surface area contributed by atoms with E-state index in [4.69, 9.17) is 0 Å². The van der Waals surface area contributed by atoms with E-state index in [1.807, 2.05) is 38.4 Å². The van der Waals surface area contributed by atoms with Crippen LogP contribution in [-0.4, -0.2) is 63.5 Å². The van der Waals surface area contributed by atoms with Crippen LogP contribution < -0.4 is 15.1 Å². The maximum atomic E-state index is 12.1. The van der Waals surface area contributed by atoms with Crippen LogP contribution in [0.25, 0.3) is 0 Å². The number of carbonyl (C=O) groups excluding carboxylic acids is 2. The Morgan fingerprint density at radius 3 is 2.32 bits per heavy atom. The molecule has 1 heterocycles. The minimum absolute atomic E-state index is 0.0559. The second-order valence-corrected chi connectivity index (χ2v) is 6.82. The summed E-state index contributed by atoms with van der Waals surface area (Å²) in [5.74, 6) is -0.255. The number of carbonyl (C=O) groups is 2. The van der Waals surface area contributed by atoms with Crippen LogP contribution in [0.4, 0.5) is 11.4 Å². The van der Waals surface area contributed by atoms with Gasteiger partial charge in [0.05, 0.1) is 0 Å². The summed E-state index contributed by atoms with van der Waals surface area (Å²) >= 11 is 0. The number of hydrogen-bond acceptors (Lipinski definition) is 4. The predicted octanol–water partition coefficient (Wildman–Crippen LogP) is 1.71. The van der Waals surface area contributed by atoms with Gasteiger partial charge in [0, 0.05) is 37.9 Å². The van der Waals surface area contributed by atoms with Crippen molar-refractivity contribution < 1.29 is 9.59 Å². The van der Waals surface area contributed by atoms with Gasteiger partial charge in [-0.2, -0.15) is 0 Å². The van der Waals surface area contributed by atoms with Crippen molar-refractivity contribution >= 4 is 23.2 Å². The highest BCUT2D eigenvalue weighted by Gasteiger charge is 2.17. The third-order valence-electron chi connectivity index (χ3n) is 4.42. The molecule has 1 aromatic carbocycles. The van der Waals surface area contributed by atoms with Gasteiger partial charge in [-0.15, -0.1) is 0 Å². The maximum Gasteiger partial charge on any atom is 0.240 e. The molecule has 25 heavy (non-hydrogen) atoms. The molecule has 0 bridgehead atoms. The molecule has 0 atom stereocenters. The zero-order valence-corrected chi connectivity index (χ0v) is 15.6. The van der Waals surface area contributed by atoms with Crippen LogP contribution >= 0.6 is 0 Å². The quantitative estimate of drug-likeness (QED) is 0.728. The normalized spacial score (nSPS) is 14.0. The van der Waals surface area contributed by atoms with Gasteiger partial charge < -0.3 is 20.0 Å². The predicted molar refractivity (Wildman–Crippen MR) is 102 cm³/mol. The van der Waals surface area contributed by atoms with E-state index in [0.29, 0.717) is 6.54 Å². The van der Waals surface area contributed by atoms with Crippen molar-refractivity contribution in [3.63, 3.8) is 0 Å². The topological polar surface area (TPSA) is 55.9 Å². The van der Waals surface area contributed by atoms with Crippen molar-refractivity contribution in [2.24, 2.45) is 0 Å². The molecule has 1 saturated heterocycles. The average molecular weight is 346 g/mol. The molecule has 1 aliphatic heterocycles. The Labute approximate surface area is 150 Å². The summed E-state index contributed by atoms with van der Waals surface area (Å²) in [5.41, 5.74) is 1.94. The van der Waals surface area contributed by atoms with E-state index in [-0.39, 0.29) is 18.4 Å². The summed E-state index contributed by atoms with van der Waals surface area (Å²) in [6.45, 7) is 5.27. The Balaban J connectivity index is 1.91. The van der Waals surface area contributed by atoms with Crippen LogP contribution in [0.3, 0.4) is 0 Å². The van der Waals surface area contributed by atoms with Crippen molar-refractivity contribution in [1.82, 2.24) is 10.2 Å². The van der Waals surface area contributed by atoms with Gasteiger partial charge in [-0.1, -0.05) is 0 Å². The minimum atomic E-state index is -0.127. The Morgan fingerprint density at radius 2 is 1.76 bits per heavy atom. The van der Waals surface area contributed by atoms with Gasteiger partial charge in [0.25, 0.3) is 0 Å². The number of hydrogen-bond donors (Lipinski definition) is 1. The highest BCUT2D eigenvalue weighted by Crippen LogP contribution is 2.23. The third-order valence-corrected chi connectivity index (χ3v) is 4.42. The molecular formula is C19H30N4O2. The van der Waals surface area contributed by atoms with Crippen LogP contribution in [0.2, 0.25) is 0 Å². The van der Waals surface area contributed by atoms with Gasteiger partial charge in [-0.05, 0) is 64.2 Å². The van der Waals surface area contributed by atoms with Gasteiger partial charge in [0.2, 0.25) is 11.8 Å². The van der Waals surface area contributed by atoms with Crippen LogP contribution in [0, 0.1) is 0 Å². The molecule has 1 N–H and O–H groups in total. The number of nitrogens with zero attached hydrogens (tertiary/aromatic N) is 3. The lowest BCUT2D eigenvalue weighted by molar-refractivity contribution is -0.123. The molecule has 1 aromatic rings. The summed E-state index contributed by atoms with van der Waals surface area (Å²) < 4.78 is 0. The smallest absolute Gasteiger partial charge is 0.240 e. The Kier molecular flexibility index (Phi) is 7.25. The second kappa shape index (κ2) is 9.42. The molecule has 6 heteroatoms. The molecule has 6 nitrogen and oxygen atoms in total. The highest BCUT2D eigenvalue weighted by atomic mass is 16.2. The lowest BCUT2D eigenvalue weighted by Crippen LogP contribution is -2.40. The van der Waals surface area contributed by atoms with Crippen molar-refractivity contribution in [3.05, 3.63) is 24.3 Å². The zero-order chi connectivity index (χ0) is 18.2. The molecule has 0 saturated carbocycles. The molecule has 2 amide bonds. The van der Waals surface area contributed by atoms with E-state index in [1.165, 1.54) is 30.4 Å². The summed E-state index contributed by atoms with van der Waals surface area (Å²) in [6, 6.07) is 7.92. The molecule has 1 fully saturated rings. The van der Waals surface area contributed by atoms with E-state index in [0.717, 1.165) is 31.7 Å². The Morgan fingerprint density at radius 1 is 1.12 bits per heavy atom. The van der Waals surface area contributed by atoms with E-state index >= 15 is 0 Å². The Bertz CT molecular complexity index is 565. The fraction of sp³-hybridized carbons (Fsp3) is 0.579. The number of rotatable bonds is 8. The fourth-order valence-electron chi connectivity index (χ4n) is 3.03. The van der Waals surface area contributed by atoms with Gasteiger partial charge >= 0.3 is 0 Å². The third kappa shape index (κ3) is 6.05. The summed E-state index contributed by atoms with van der Waals surface area (Å²) in [4.78, 5) is 30.0. The van der Waals surface area contributed by atoms with E-state index in [2.05, 4.69) is 15.1 Å². The van der Waals surface area contributed by atoms with E-state index in [1.54, 1.807) is 0 Å². The lowest BCUT2D eigenvalue weighted by atomic mass is 10.2. The minimum Gasteiger partial charge on any atom is -0.372 e. The molecular weight excluding hydrogens is 316 g/mol. The monoisotopic (exact) mass is 346 g/mol. The molecule has 0 unspecified atom stereocenters. The fourth-order valence-corrected chi connectivity index (χ4v) is 3.03. The summed E-state index contributed by atoms with van der Waals surface area (Å²) in [7, 11) is 4.01. The van der Waals surface area contributed by atoms with Gasteiger partial charge in [0.15, 0.2) is 0 Å². The van der Waals surface area contributed by atoms with Crippen LogP contribution in [0.15, 0.2) is 24.3 Å². The maximum absolute atomic E-state index is 12.1. The molecule has 138 valence electrons. The van der Waals surface area contributed by atoms with Crippen LogP contribution in [-0.2, 0) is 9.59 Å². The van der Waals surface area contributed by atoms with Crippen LogP contribution in [0.1, 0.15) is 26.2 Å². The summed E-state index contributed by atoms with van der Waals surface area (Å²) in [6.07, 6.45) is 3.36. The van der Waals surface area contributed by atoms with Crippen LogP contribution in [0.5, 0.6) is 0 Å². The number of amides is 2. The van der Waals surface area contributed by atoms with Gasteiger partial charge in [0.1, 0.15) is 6.54 Å². The molecule has 2 rings (SSSR count). The first-order valence-electron chi connectivity index (χ1n) is 9.02. The van der Waals surface area contributed by atoms with Crippen molar-refractivity contribution in [2.75, 3.05) is 56.6 Å². The molecule has 0 aliphatic carbocycles. The van der Waals surface area contributed by atoms with Crippen molar-refractivity contribution in [2.45, 2.75) is 26.2 Å². The second-order valence-electron chi connectivity index (χ2n) is 6.82. The van der Waals surface area contributed by atoms with E-state index in [9.17, 15) is 9.59 Å². The van der Waals surface area contributed by atoms with Crippen molar-refractivity contribution in [3.8, 4) is 0 Å². The van der Waals surface area contributed by atoms with Gasteiger partial charge in [-0.3, -0.25) is 9.59 Å². The first-order chi connectivity index (χ1) is 12.0. The SMILES string of the molecule is CC(=O)N(CC(=O)NCCCN(C)C)c1ccc(N2CCCC2)cc1. The number of benzene rings is 1. The van der Waals surface area contributed by atoms with Crippen molar-refractivity contribution in [1.29, 1.82) is 0 Å².